The minimum absolute atomic E-state index is 0.925. The van der Waals surface area contributed by atoms with Crippen LogP contribution in [0.4, 0.5) is 0 Å². The molecule has 0 aromatic carbocycles. The van der Waals surface area contributed by atoms with Crippen LogP contribution in [0.15, 0.2) is 0 Å². The van der Waals surface area contributed by atoms with E-state index in [9.17, 15) is 0 Å². The van der Waals surface area contributed by atoms with Gasteiger partial charge in [0.15, 0.2) is 7.98 Å². The fourth-order valence-corrected chi connectivity index (χ4v) is 1.54. The van der Waals surface area contributed by atoms with Crippen molar-refractivity contribution in [3.05, 3.63) is 0 Å². The molecule has 1 rings (SSSR count). The largest absolute Gasteiger partial charge is 0.353 e. The van der Waals surface area contributed by atoms with E-state index in [1.807, 2.05) is 4.81 Å². The molecule has 1 saturated heterocycles. The van der Waals surface area contributed by atoms with Gasteiger partial charge in [-0.3, -0.25) is 0 Å². The van der Waals surface area contributed by atoms with Crippen molar-refractivity contribution < 1.29 is 0 Å². The smallest absolute Gasteiger partial charge is 0.182 e. The van der Waals surface area contributed by atoms with Crippen molar-refractivity contribution in [3.8, 4) is 0 Å². The predicted molar refractivity (Wildman–Crippen MR) is 45.0 cm³/mol. The van der Waals surface area contributed by atoms with Gasteiger partial charge in [-0.15, -0.1) is 0 Å². The molecule has 0 atom stereocenters. The first-order chi connectivity index (χ1) is 4.79. The van der Waals surface area contributed by atoms with Crippen LogP contribution in [0.1, 0.15) is 32.6 Å². The first-order valence-electron chi connectivity index (χ1n) is 4.28. The quantitative estimate of drug-likeness (QED) is 0.458. The van der Waals surface area contributed by atoms with Crippen molar-refractivity contribution in [1.29, 1.82) is 0 Å². The topological polar surface area (TPSA) is 3.24 Å². The Morgan fingerprint density at radius 3 is 2.20 bits per heavy atom. The highest BCUT2D eigenvalue weighted by Crippen LogP contribution is 2.15. The first kappa shape index (κ1) is 8.12. The van der Waals surface area contributed by atoms with Crippen molar-refractivity contribution in [2.24, 2.45) is 5.92 Å². The number of hydrogen-bond acceptors (Lipinski definition) is 1. The zero-order chi connectivity index (χ0) is 7.40. The fourth-order valence-electron chi connectivity index (χ4n) is 1.54. The minimum atomic E-state index is 0.925. The average molecular weight is 137 g/mol. The molecular formula is C8H16BN. The molecule has 2 heteroatoms. The van der Waals surface area contributed by atoms with Crippen LogP contribution >= 0.6 is 0 Å². The van der Waals surface area contributed by atoms with E-state index in [1.165, 1.54) is 25.7 Å². The summed E-state index contributed by atoms with van der Waals surface area (Å²) in [6, 6.07) is 0. The van der Waals surface area contributed by atoms with Crippen molar-refractivity contribution >= 4 is 7.98 Å². The van der Waals surface area contributed by atoms with Gasteiger partial charge in [0, 0.05) is 0 Å². The minimum Gasteiger partial charge on any atom is -0.353 e. The van der Waals surface area contributed by atoms with Crippen LogP contribution in [0.5, 0.6) is 0 Å². The molecule has 56 valence electrons. The highest BCUT2D eigenvalue weighted by molar-refractivity contribution is 6.04. The Morgan fingerprint density at radius 1 is 1.20 bits per heavy atom. The molecule has 0 spiro atoms. The summed E-state index contributed by atoms with van der Waals surface area (Å²) in [6.07, 6.45) is 5.26. The van der Waals surface area contributed by atoms with Crippen LogP contribution in [0.3, 0.4) is 0 Å². The summed E-state index contributed by atoms with van der Waals surface area (Å²) < 4.78 is 0. The SMILES string of the molecule is [B]N1CCCC(C)CCC1. The van der Waals surface area contributed by atoms with Gasteiger partial charge in [-0.25, -0.2) is 0 Å². The molecule has 1 aliphatic rings. The summed E-state index contributed by atoms with van der Waals surface area (Å²) in [5.41, 5.74) is 0. The lowest BCUT2D eigenvalue weighted by atomic mass is 9.96. The summed E-state index contributed by atoms with van der Waals surface area (Å²) in [5.74, 6) is 0.925. The lowest BCUT2D eigenvalue weighted by Gasteiger charge is -2.22. The van der Waals surface area contributed by atoms with Gasteiger partial charge in [-0.05, 0) is 44.7 Å². The van der Waals surface area contributed by atoms with Crippen LogP contribution in [-0.2, 0) is 0 Å². The molecule has 1 aliphatic heterocycles. The zero-order valence-electron chi connectivity index (χ0n) is 6.84. The number of hydrogen-bond donors (Lipinski definition) is 0. The van der Waals surface area contributed by atoms with Crippen LogP contribution in [0, 0.1) is 5.92 Å². The normalized spacial score (nSPS) is 25.7. The second-order valence-electron chi connectivity index (χ2n) is 3.43. The molecule has 1 nitrogen and oxygen atoms in total. The molecule has 10 heavy (non-hydrogen) atoms. The molecule has 0 unspecified atom stereocenters. The van der Waals surface area contributed by atoms with Crippen molar-refractivity contribution in [2.45, 2.75) is 32.6 Å². The summed E-state index contributed by atoms with van der Waals surface area (Å²) in [7, 11) is 5.68. The van der Waals surface area contributed by atoms with Gasteiger partial charge in [0.2, 0.25) is 0 Å². The van der Waals surface area contributed by atoms with E-state index in [2.05, 4.69) is 6.92 Å². The second kappa shape index (κ2) is 4.02. The van der Waals surface area contributed by atoms with Crippen molar-refractivity contribution in [3.63, 3.8) is 0 Å². The van der Waals surface area contributed by atoms with Crippen molar-refractivity contribution in [2.75, 3.05) is 13.1 Å². The van der Waals surface area contributed by atoms with Gasteiger partial charge in [0.05, 0.1) is 0 Å². The van der Waals surface area contributed by atoms with Gasteiger partial charge in [-0.2, -0.15) is 0 Å². The molecule has 0 aromatic rings. The molecule has 1 fully saturated rings. The van der Waals surface area contributed by atoms with Gasteiger partial charge in [-0.1, -0.05) is 6.92 Å². The van der Waals surface area contributed by atoms with E-state index in [1.54, 1.807) is 0 Å². The third kappa shape index (κ3) is 2.74. The van der Waals surface area contributed by atoms with E-state index in [-0.39, 0.29) is 0 Å². The average Bonchev–Trinajstić information content (AvgIpc) is 1.84. The molecule has 2 radical (unpaired) electrons. The Hall–Kier alpha value is 0.0249. The Labute approximate surface area is 65.2 Å². The third-order valence-electron chi connectivity index (χ3n) is 2.28. The molecular weight excluding hydrogens is 121 g/mol. The Balaban J connectivity index is 2.21. The van der Waals surface area contributed by atoms with E-state index in [0.29, 0.717) is 0 Å². The van der Waals surface area contributed by atoms with E-state index in [0.717, 1.165) is 19.0 Å². The highest BCUT2D eigenvalue weighted by atomic mass is 15.0. The van der Waals surface area contributed by atoms with Gasteiger partial charge in [0.1, 0.15) is 0 Å². The van der Waals surface area contributed by atoms with Gasteiger partial charge >= 0.3 is 0 Å². The molecule has 0 amide bonds. The monoisotopic (exact) mass is 137 g/mol. The van der Waals surface area contributed by atoms with E-state index >= 15 is 0 Å². The molecule has 0 aliphatic carbocycles. The van der Waals surface area contributed by atoms with Gasteiger partial charge < -0.3 is 4.81 Å². The van der Waals surface area contributed by atoms with Gasteiger partial charge in [0.25, 0.3) is 0 Å². The van der Waals surface area contributed by atoms with Crippen LogP contribution < -0.4 is 0 Å². The fraction of sp³-hybridized carbons (Fsp3) is 1.00. The maximum Gasteiger partial charge on any atom is 0.182 e. The first-order valence-corrected chi connectivity index (χ1v) is 4.28. The molecule has 0 bridgehead atoms. The summed E-state index contributed by atoms with van der Waals surface area (Å²) >= 11 is 0. The summed E-state index contributed by atoms with van der Waals surface area (Å²) in [4.78, 5) is 1.95. The lowest BCUT2D eigenvalue weighted by molar-refractivity contribution is 0.337. The second-order valence-corrected chi connectivity index (χ2v) is 3.43. The summed E-state index contributed by atoms with van der Waals surface area (Å²) in [6.45, 7) is 4.51. The lowest BCUT2D eigenvalue weighted by Crippen LogP contribution is -2.25. The van der Waals surface area contributed by atoms with Crippen LogP contribution in [0.2, 0.25) is 0 Å². The third-order valence-corrected chi connectivity index (χ3v) is 2.28. The Kier molecular flexibility index (Phi) is 3.27. The molecule has 0 aromatic heterocycles. The molecule has 0 saturated carbocycles. The number of nitrogens with zero attached hydrogens (tertiary/aromatic N) is 1. The molecule has 0 N–H and O–H groups in total. The maximum absolute atomic E-state index is 5.68. The Bertz CT molecular complexity index is 75.3. The predicted octanol–water partition coefficient (Wildman–Crippen LogP) is 1.58. The van der Waals surface area contributed by atoms with Crippen LogP contribution in [0.25, 0.3) is 0 Å². The highest BCUT2D eigenvalue weighted by Gasteiger charge is 2.07. The van der Waals surface area contributed by atoms with E-state index < -0.39 is 0 Å². The standard InChI is InChI=1S/C8H16BN/c1-8-4-2-6-10(9)7-3-5-8/h8H,2-7H2,1H3. The Morgan fingerprint density at radius 2 is 1.70 bits per heavy atom. The maximum atomic E-state index is 5.68. The zero-order valence-corrected chi connectivity index (χ0v) is 6.84. The number of rotatable bonds is 0. The van der Waals surface area contributed by atoms with Crippen LogP contribution in [-0.4, -0.2) is 25.9 Å². The summed E-state index contributed by atoms with van der Waals surface area (Å²) in [5, 5.41) is 0. The van der Waals surface area contributed by atoms with E-state index in [4.69, 9.17) is 7.98 Å². The van der Waals surface area contributed by atoms with Crippen molar-refractivity contribution in [1.82, 2.24) is 4.81 Å². The molecule has 1 heterocycles.